The summed E-state index contributed by atoms with van der Waals surface area (Å²) in [5.41, 5.74) is 1.97. The van der Waals surface area contributed by atoms with Crippen LogP contribution in [0.25, 0.3) is 0 Å². The van der Waals surface area contributed by atoms with Gasteiger partial charge in [-0.1, -0.05) is 30.3 Å². The first-order chi connectivity index (χ1) is 12.2. The van der Waals surface area contributed by atoms with Crippen molar-refractivity contribution in [2.24, 2.45) is 0 Å². The van der Waals surface area contributed by atoms with E-state index in [1.165, 1.54) is 17.3 Å². The van der Waals surface area contributed by atoms with E-state index < -0.39 is 0 Å². The Morgan fingerprint density at radius 3 is 2.88 bits per heavy atom. The van der Waals surface area contributed by atoms with Gasteiger partial charge in [-0.2, -0.15) is 0 Å². The summed E-state index contributed by atoms with van der Waals surface area (Å²) in [6.45, 7) is 0.474. The maximum absolute atomic E-state index is 12.3. The predicted octanol–water partition coefficient (Wildman–Crippen LogP) is 2.25. The number of hydrogen-bond donors (Lipinski definition) is 1. The Balaban J connectivity index is 1.35. The van der Waals surface area contributed by atoms with E-state index in [2.05, 4.69) is 5.32 Å². The monoisotopic (exact) mass is 354 g/mol. The zero-order chi connectivity index (χ0) is 17.2. The topological polar surface area (TPSA) is 58.6 Å². The number of thioether (sulfide) groups is 1. The van der Waals surface area contributed by atoms with Crippen molar-refractivity contribution in [2.45, 2.75) is 17.4 Å². The molecule has 1 N–H and O–H groups in total. The van der Waals surface area contributed by atoms with Crippen LogP contribution in [0.4, 0.5) is 5.69 Å². The standard InChI is InChI=1S/C19H18N2O3S/c22-18(20-10-14-9-13-5-1-3-7-16(13)24-14)11-21-15-6-2-4-8-17(15)25-12-19(21)23/h1-8,14H,9-12H2,(H,20,22)/t14-/m1/s1. The van der Waals surface area contributed by atoms with E-state index in [0.717, 1.165) is 22.8 Å². The van der Waals surface area contributed by atoms with E-state index in [4.69, 9.17) is 4.74 Å². The van der Waals surface area contributed by atoms with Crippen LogP contribution in [0.5, 0.6) is 5.75 Å². The first-order valence-corrected chi connectivity index (χ1v) is 9.23. The smallest absolute Gasteiger partial charge is 0.240 e. The van der Waals surface area contributed by atoms with Gasteiger partial charge < -0.3 is 15.0 Å². The van der Waals surface area contributed by atoms with Crippen molar-refractivity contribution < 1.29 is 14.3 Å². The second-order valence-corrected chi connectivity index (χ2v) is 7.11. The Morgan fingerprint density at radius 2 is 2.00 bits per heavy atom. The number of hydrogen-bond acceptors (Lipinski definition) is 4. The maximum atomic E-state index is 12.3. The lowest BCUT2D eigenvalue weighted by Gasteiger charge is -2.28. The van der Waals surface area contributed by atoms with Crippen LogP contribution in [0.3, 0.4) is 0 Å². The van der Waals surface area contributed by atoms with Gasteiger partial charge in [-0.15, -0.1) is 11.8 Å². The van der Waals surface area contributed by atoms with Crippen molar-refractivity contribution in [3.8, 4) is 5.75 Å². The molecule has 2 aromatic carbocycles. The van der Waals surface area contributed by atoms with Crippen LogP contribution in [0, 0.1) is 0 Å². The van der Waals surface area contributed by atoms with Crippen molar-refractivity contribution in [1.82, 2.24) is 5.32 Å². The zero-order valence-corrected chi connectivity index (χ0v) is 14.4. The number of carbonyl (C=O) groups excluding carboxylic acids is 2. The molecule has 2 aromatic rings. The number of anilines is 1. The summed E-state index contributed by atoms with van der Waals surface area (Å²) < 4.78 is 5.83. The molecule has 4 rings (SSSR count). The highest BCUT2D eigenvalue weighted by Gasteiger charge is 2.27. The van der Waals surface area contributed by atoms with Gasteiger partial charge in [0.1, 0.15) is 18.4 Å². The molecule has 0 saturated heterocycles. The minimum absolute atomic E-state index is 0.0378. The molecule has 0 unspecified atom stereocenters. The number of carbonyl (C=O) groups is 2. The van der Waals surface area contributed by atoms with Gasteiger partial charge in [0.2, 0.25) is 11.8 Å². The van der Waals surface area contributed by atoms with E-state index >= 15 is 0 Å². The third-order valence-corrected chi connectivity index (χ3v) is 5.40. The van der Waals surface area contributed by atoms with Gasteiger partial charge in [-0.25, -0.2) is 0 Å². The third-order valence-electron chi connectivity index (χ3n) is 4.35. The molecule has 6 heteroatoms. The summed E-state index contributed by atoms with van der Waals surface area (Å²) in [7, 11) is 0. The second kappa shape index (κ2) is 6.80. The average Bonchev–Trinajstić information content (AvgIpc) is 3.05. The van der Waals surface area contributed by atoms with Gasteiger partial charge in [-0.3, -0.25) is 9.59 Å². The van der Waals surface area contributed by atoms with Crippen LogP contribution < -0.4 is 15.0 Å². The molecule has 1 atom stereocenters. The summed E-state index contributed by atoms with van der Waals surface area (Å²) >= 11 is 1.51. The molecular formula is C19H18N2O3S. The lowest BCUT2D eigenvalue weighted by atomic mass is 10.1. The molecule has 0 aliphatic carbocycles. The predicted molar refractivity (Wildman–Crippen MR) is 97.1 cm³/mol. The summed E-state index contributed by atoms with van der Waals surface area (Å²) in [6.07, 6.45) is 0.736. The number of nitrogens with one attached hydrogen (secondary N) is 1. The van der Waals surface area contributed by atoms with Gasteiger partial charge in [0.15, 0.2) is 0 Å². The summed E-state index contributed by atoms with van der Waals surface area (Å²) in [5.74, 6) is 1.04. The molecule has 2 aliphatic rings. The Hall–Kier alpha value is -2.47. The fourth-order valence-electron chi connectivity index (χ4n) is 3.12. The molecular weight excluding hydrogens is 336 g/mol. The van der Waals surface area contributed by atoms with Gasteiger partial charge in [0.05, 0.1) is 18.0 Å². The van der Waals surface area contributed by atoms with Crippen molar-refractivity contribution >= 4 is 29.3 Å². The van der Waals surface area contributed by atoms with E-state index in [1.54, 1.807) is 4.90 Å². The number of fused-ring (bicyclic) bond motifs is 2. The molecule has 0 saturated carbocycles. The van der Waals surface area contributed by atoms with Gasteiger partial charge >= 0.3 is 0 Å². The van der Waals surface area contributed by atoms with Crippen molar-refractivity contribution in [3.05, 3.63) is 54.1 Å². The first-order valence-electron chi connectivity index (χ1n) is 8.24. The second-order valence-electron chi connectivity index (χ2n) is 6.09. The van der Waals surface area contributed by atoms with Crippen LogP contribution in [0.2, 0.25) is 0 Å². The summed E-state index contributed by atoms with van der Waals surface area (Å²) in [4.78, 5) is 27.1. The molecule has 0 bridgehead atoms. The van der Waals surface area contributed by atoms with E-state index in [9.17, 15) is 9.59 Å². The Bertz CT molecular complexity index is 799. The molecule has 0 fully saturated rings. The minimum Gasteiger partial charge on any atom is -0.488 e. The van der Waals surface area contributed by atoms with E-state index in [1.807, 2.05) is 48.5 Å². The van der Waals surface area contributed by atoms with Crippen LogP contribution in [-0.2, 0) is 16.0 Å². The van der Waals surface area contributed by atoms with Crippen molar-refractivity contribution in [3.63, 3.8) is 0 Å². The molecule has 0 spiro atoms. The Kier molecular flexibility index (Phi) is 4.36. The van der Waals surface area contributed by atoms with Crippen LogP contribution in [-0.4, -0.2) is 36.8 Å². The highest BCUT2D eigenvalue weighted by Crippen LogP contribution is 2.34. The van der Waals surface area contributed by atoms with Gasteiger partial charge in [0, 0.05) is 11.3 Å². The first kappa shape index (κ1) is 16.0. The molecule has 128 valence electrons. The number of ether oxygens (including phenoxy) is 1. The average molecular weight is 354 g/mol. The van der Waals surface area contributed by atoms with Crippen LogP contribution >= 0.6 is 11.8 Å². The maximum Gasteiger partial charge on any atom is 0.240 e. The van der Waals surface area contributed by atoms with E-state index in [0.29, 0.717) is 12.3 Å². The highest BCUT2D eigenvalue weighted by atomic mass is 32.2. The Morgan fingerprint density at radius 1 is 1.20 bits per heavy atom. The SMILES string of the molecule is O=C(CN1C(=O)CSc2ccccc21)NC[C@H]1Cc2ccccc2O1. The number of rotatable bonds is 4. The van der Waals surface area contributed by atoms with E-state index in [-0.39, 0.29) is 24.5 Å². The lowest BCUT2D eigenvalue weighted by Crippen LogP contribution is -2.45. The molecule has 0 radical (unpaired) electrons. The zero-order valence-electron chi connectivity index (χ0n) is 13.6. The molecule has 2 heterocycles. The van der Waals surface area contributed by atoms with Crippen LogP contribution in [0.1, 0.15) is 5.56 Å². The van der Waals surface area contributed by atoms with Crippen molar-refractivity contribution in [2.75, 3.05) is 23.7 Å². The highest BCUT2D eigenvalue weighted by molar-refractivity contribution is 8.00. The number of para-hydroxylation sites is 2. The molecule has 2 amide bonds. The summed E-state index contributed by atoms with van der Waals surface area (Å²) in [5, 5.41) is 2.89. The fraction of sp³-hybridized carbons (Fsp3) is 0.263. The number of amides is 2. The summed E-state index contributed by atoms with van der Waals surface area (Å²) in [6, 6.07) is 15.6. The molecule has 0 aromatic heterocycles. The largest absolute Gasteiger partial charge is 0.488 e. The normalized spacial score (nSPS) is 18.3. The van der Waals surface area contributed by atoms with Gasteiger partial charge in [-0.05, 0) is 23.8 Å². The van der Waals surface area contributed by atoms with Gasteiger partial charge in [0.25, 0.3) is 0 Å². The molecule has 2 aliphatic heterocycles. The van der Waals surface area contributed by atoms with Crippen molar-refractivity contribution in [1.29, 1.82) is 0 Å². The van der Waals surface area contributed by atoms with Crippen LogP contribution in [0.15, 0.2) is 53.4 Å². The fourth-order valence-corrected chi connectivity index (χ4v) is 4.06. The minimum atomic E-state index is -0.172. The number of nitrogens with zero attached hydrogens (tertiary/aromatic N) is 1. The third kappa shape index (κ3) is 3.35. The Labute approximate surface area is 150 Å². The number of benzene rings is 2. The lowest BCUT2D eigenvalue weighted by molar-refractivity contribution is -0.123. The molecule has 5 nitrogen and oxygen atoms in total. The molecule has 25 heavy (non-hydrogen) atoms. The quantitative estimate of drug-likeness (QED) is 0.915.